The molecule has 2 N–H and O–H groups in total. The minimum atomic E-state index is -2.81. The third kappa shape index (κ3) is 5.29. The van der Waals surface area contributed by atoms with E-state index in [0.29, 0.717) is 64.3 Å². The van der Waals surface area contributed by atoms with Crippen LogP contribution in [0.15, 0.2) is 53.6 Å². The lowest BCUT2D eigenvalue weighted by Gasteiger charge is -2.39. The number of aryl methyl sites for hydroxylation is 1. The predicted octanol–water partition coefficient (Wildman–Crippen LogP) is 3.28. The van der Waals surface area contributed by atoms with Gasteiger partial charge >= 0.3 is 0 Å². The van der Waals surface area contributed by atoms with Gasteiger partial charge in [0.2, 0.25) is 11.6 Å². The summed E-state index contributed by atoms with van der Waals surface area (Å²) in [6.45, 7) is 0.0210. The number of anilines is 2. The van der Waals surface area contributed by atoms with Crippen LogP contribution in [0.2, 0.25) is 0 Å². The molecule has 4 aliphatic heterocycles. The third-order valence-electron chi connectivity index (χ3n) is 10.5. The largest absolute Gasteiger partial charge is 0.496 e. The molecule has 4 aliphatic rings. The molecule has 0 radical (unpaired) electrons. The smallest absolute Gasteiger partial charge is 0.282 e. The van der Waals surface area contributed by atoms with Gasteiger partial charge in [-0.25, -0.2) is 18.2 Å². The number of ether oxygens (including phenoxy) is 1. The minimum Gasteiger partial charge on any atom is -0.496 e. The van der Waals surface area contributed by atoms with Gasteiger partial charge in [0.15, 0.2) is 0 Å². The maximum Gasteiger partial charge on any atom is 0.282 e. The molecule has 12 nitrogen and oxygen atoms in total. The van der Waals surface area contributed by atoms with Crippen LogP contribution in [-0.2, 0) is 23.2 Å². The molecule has 51 heavy (non-hydrogen) atoms. The summed E-state index contributed by atoms with van der Waals surface area (Å²) in [4.78, 5) is 59.4. The summed E-state index contributed by atoms with van der Waals surface area (Å²) >= 11 is 0. The number of benzene rings is 2. The van der Waals surface area contributed by atoms with E-state index in [1.807, 2.05) is 11.0 Å². The van der Waals surface area contributed by atoms with Crippen molar-refractivity contribution < 1.29 is 37.4 Å². The summed E-state index contributed by atoms with van der Waals surface area (Å²) in [7, 11) is 3.03. The Kier molecular flexibility index (Phi) is 7.42. The van der Waals surface area contributed by atoms with Crippen molar-refractivity contribution in [3.63, 3.8) is 0 Å². The number of halogens is 3. The molecule has 3 fully saturated rings. The molecule has 0 spiro atoms. The van der Waals surface area contributed by atoms with Crippen LogP contribution in [0.4, 0.5) is 24.7 Å². The summed E-state index contributed by atoms with van der Waals surface area (Å²) in [5, 5.41) is 13.9. The monoisotopic (exact) mass is 702 g/mol. The molecule has 0 bridgehead atoms. The Bertz CT molecular complexity index is 2240. The van der Waals surface area contributed by atoms with Crippen molar-refractivity contribution >= 4 is 40.0 Å². The van der Waals surface area contributed by atoms with Gasteiger partial charge in [0.25, 0.3) is 23.3 Å². The lowest BCUT2D eigenvalue weighted by molar-refractivity contribution is -0.167. The summed E-state index contributed by atoms with van der Waals surface area (Å²) in [6.07, 6.45) is 3.24. The second kappa shape index (κ2) is 11.5. The zero-order valence-corrected chi connectivity index (χ0v) is 27.7. The second-order valence-corrected chi connectivity index (χ2v) is 13.7. The minimum absolute atomic E-state index is 0.0147. The van der Waals surface area contributed by atoms with E-state index in [4.69, 9.17) is 4.74 Å². The Morgan fingerprint density at radius 1 is 1.02 bits per heavy atom. The number of amides is 3. The quantitative estimate of drug-likeness (QED) is 0.290. The molecular formula is C36H33F3N6O6. The fourth-order valence-corrected chi connectivity index (χ4v) is 7.70. The van der Waals surface area contributed by atoms with Crippen molar-refractivity contribution in [1.29, 1.82) is 0 Å². The van der Waals surface area contributed by atoms with Crippen LogP contribution in [0, 0.1) is 5.82 Å². The van der Waals surface area contributed by atoms with E-state index in [0.717, 1.165) is 10.6 Å². The van der Waals surface area contributed by atoms with Crippen LogP contribution in [0.5, 0.6) is 5.75 Å². The number of imide groups is 1. The number of nitrogens with one attached hydrogen (secondary N) is 1. The Balaban J connectivity index is 1.07. The molecule has 15 heteroatoms. The van der Waals surface area contributed by atoms with Crippen molar-refractivity contribution in [2.75, 3.05) is 43.1 Å². The van der Waals surface area contributed by atoms with Crippen molar-refractivity contribution in [2.24, 2.45) is 7.05 Å². The van der Waals surface area contributed by atoms with E-state index >= 15 is 4.39 Å². The average molecular weight is 703 g/mol. The maximum atomic E-state index is 16.2. The molecule has 3 amide bonds. The van der Waals surface area contributed by atoms with E-state index in [2.05, 4.69) is 10.3 Å². The maximum absolute atomic E-state index is 16.2. The fraction of sp³-hybridized carbons (Fsp3) is 0.361. The first-order chi connectivity index (χ1) is 24.3. The van der Waals surface area contributed by atoms with Gasteiger partial charge in [0.05, 0.1) is 32.1 Å². The average Bonchev–Trinajstić information content (AvgIpc) is 3.71. The number of rotatable bonds is 6. The Morgan fingerprint density at radius 2 is 1.80 bits per heavy atom. The number of methoxy groups -OCH3 is 1. The summed E-state index contributed by atoms with van der Waals surface area (Å²) in [5.74, 6) is -4.93. The molecular weight excluding hydrogens is 669 g/mol. The molecule has 0 saturated carbocycles. The number of alkyl halides is 2. The highest BCUT2D eigenvalue weighted by molar-refractivity contribution is 6.07. The molecule has 2 unspecified atom stereocenters. The number of carbonyl (C=O) groups excluding carboxylic acids is 3. The zero-order valence-electron chi connectivity index (χ0n) is 27.7. The van der Waals surface area contributed by atoms with E-state index in [-0.39, 0.29) is 36.2 Å². The molecule has 2 atom stereocenters. The topological polar surface area (TPSA) is 137 Å². The third-order valence-corrected chi connectivity index (χ3v) is 10.5. The highest BCUT2D eigenvalue weighted by atomic mass is 19.3. The summed E-state index contributed by atoms with van der Waals surface area (Å²) in [5.41, 5.74) is 0.572. The van der Waals surface area contributed by atoms with Gasteiger partial charge in [-0.2, -0.15) is 0 Å². The zero-order chi connectivity index (χ0) is 36.0. The molecule has 2 aromatic heterocycles. The lowest BCUT2D eigenvalue weighted by atomic mass is 9.92. The molecule has 4 aromatic rings. The number of hydrogen-bond acceptors (Lipinski definition) is 9. The first-order valence-corrected chi connectivity index (χ1v) is 16.5. The van der Waals surface area contributed by atoms with Crippen molar-refractivity contribution in [3.05, 3.63) is 81.7 Å². The molecule has 264 valence electrons. The first-order valence-electron chi connectivity index (χ1n) is 16.5. The van der Waals surface area contributed by atoms with Gasteiger partial charge in [0, 0.05) is 79.1 Å². The van der Waals surface area contributed by atoms with Gasteiger partial charge in [-0.15, -0.1) is 0 Å². The van der Waals surface area contributed by atoms with E-state index in [1.165, 1.54) is 28.8 Å². The van der Waals surface area contributed by atoms with Crippen LogP contribution >= 0.6 is 0 Å². The number of carbonyl (C=O) groups is 3. The van der Waals surface area contributed by atoms with Crippen LogP contribution in [0.3, 0.4) is 0 Å². The number of nitrogens with zero attached hydrogens (tertiary/aromatic N) is 5. The second-order valence-electron chi connectivity index (χ2n) is 13.7. The highest BCUT2D eigenvalue weighted by Crippen LogP contribution is 2.42. The fourth-order valence-electron chi connectivity index (χ4n) is 7.70. The molecule has 3 saturated heterocycles. The lowest BCUT2D eigenvalue weighted by Crippen LogP contribution is -2.63. The van der Waals surface area contributed by atoms with Crippen molar-refractivity contribution in [1.82, 2.24) is 19.8 Å². The van der Waals surface area contributed by atoms with Crippen LogP contribution in [0.25, 0.3) is 21.9 Å². The van der Waals surface area contributed by atoms with Gasteiger partial charge in [-0.05, 0) is 47.9 Å². The molecule has 0 aliphatic carbocycles. The van der Waals surface area contributed by atoms with Gasteiger partial charge in [0.1, 0.15) is 17.4 Å². The molecule has 2 aromatic carbocycles. The van der Waals surface area contributed by atoms with Crippen LogP contribution in [-0.4, -0.2) is 82.2 Å². The van der Waals surface area contributed by atoms with Gasteiger partial charge in [-0.1, -0.05) is 6.07 Å². The molecule has 6 heterocycles. The number of hydrogen-bond donors (Lipinski definition) is 2. The number of fused-ring (bicyclic) bond motifs is 2. The number of aromatic nitrogens is 2. The number of piperidine rings is 1. The Hall–Kier alpha value is -5.44. The van der Waals surface area contributed by atoms with Crippen LogP contribution in [0.1, 0.15) is 46.7 Å². The Labute approximate surface area is 289 Å². The predicted molar refractivity (Wildman–Crippen MR) is 179 cm³/mol. The number of aliphatic hydroxyl groups is 1. The molecule has 8 rings (SSSR count). The highest BCUT2D eigenvalue weighted by Gasteiger charge is 2.51. The summed E-state index contributed by atoms with van der Waals surface area (Å²) < 4.78 is 50.6. The van der Waals surface area contributed by atoms with Gasteiger partial charge in [-0.3, -0.25) is 29.4 Å². The van der Waals surface area contributed by atoms with Crippen molar-refractivity contribution in [2.45, 2.75) is 43.4 Å². The SMILES string of the molecule is COc1cc(-c2cn(C)c(=O)c3cnc(N4CC(F)(F)C4)cc23)cc(F)c1C1CCN(c2ccc3c(c2)C(=O)N(C2(O)CCC(=O)NC2=O)C3)C1. The van der Waals surface area contributed by atoms with Crippen LogP contribution < -0.4 is 25.4 Å². The van der Waals surface area contributed by atoms with E-state index in [9.17, 15) is 33.1 Å². The number of pyridine rings is 2. The first kappa shape index (κ1) is 32.7. The normalized spacial score (nSPS) is 22.7. The van der Waals surface area contributed by atoms with Gasteiger partial charge < -0.3 is 24.2 Å². The van der Waals surface area contributed by atoms with E-state index < -0.39 is 48.3 Å². The van der Waals surface area contributed by atoms with Crippen molar-refractivity contribution in [3.8, 4) is 16.9 Å². The summed E-state index contributed by atoms with van der Waals surface area (Å²) in [6, 6.07) is 10.0. The Morgan fingerprint density at radius 3 is 2.53 bits per heavy atom. The van der Waals surface area contributed by atoms with E-state index in [1.54, 1.807) is 37.5 Å². The standard InChI is InChI=1S/C36H33F3N6O6/c1-42-16-26(24-12-29(40-13-25(24)32(42)47)44-17-35(38,39)18-44)21-9-27(37)31(28(10-21)51-2)20-6-8-43(14-20)22-4-3-19-15-45(33(48)23(19)11-22)36(50)7-5-30(46)41-34(36)49/h3-4,9-13,16,20,50H,5-8,14-15,17-18H2,1-2H3,(H,41,46,49).